The van der Waals surface area contributed by atoms with Gasteiger partial charge in [-0.3, -0.25) is 0 Å². The maximum absolute atomic E-state index is 5.72. The number of ether oxygens (including phenoxy) is 2. The van der Waals surface area contributed by atoms with Gasteiger partial charge in [-0.1, -0.05) is 30.3 Å². The number of hydrogen-bond acceptors (Lipinski definition) is 3. The van der Waals surface area contributed by atoms with Crippen LogP contribution in [0, 0.1) is 0 Å². The molecule has 2 aliphatic rings. The quantitative estimate of drug-likeness (QED) is 0.861. The van der Waals surface area contributed by atoms with Crippen LogP contribution in [0.5, 0.6) is 11.5 Å². The molecule has 1 N–H and O–H groups in total. The molecule has 0 bridgehead atoms. The molecular weight excluding hydrogens is 250 g/mol. The van der Waals surface area contributed by atoms with Gasteiger partial charge in [-0.25, -0.2) is 0 Å². The van der Waals surface area contributed by atoms with Gasteiger partial charge in [0, 0.05) is 6.54 Å². The first-order valence-corrected chi connectivity index (χ1v) is 7.12. The molecule has 0 aliphatic carbocycles. The molecule has 1 atom stereocenters. The molecule has 2 aliphatic heterocycles. The maximum Gasteiger partial charge on any atom is 0.161 e. The molecule has 0 unspecified atom stereocenters. The van der Waals surface area contributed by atoms with Crippen LogP contribution in [0.25, 0.3) is 0 Å². The minimum atomic E-state index is 0.246. The summed E-state index contributed by atoms with van der Waals surface area (Å²) in [5.41, 5.74) is 3.97. The number of rotatable bonds is 1. The van der Waals surface area contributed by atoms with Crippen LogP contribution in [0.4, 0.5) is 0 Å². The molecule has 4 rings (SSSR count). The van der Waals surface area contributed by atoms with Crippen LogP contribution < -0.4 is 14.8 Å². The minimum absolute atomic E-state index is 0.246. The molecule has 0 saturated carbocycles. The van der Waals surface area contributed by atoms with E-state index < -0.39 is 0 Å². The van der Waals surface area contributed by atoms with E-state index >= 15 is 0 Å². The third-order valence-electron chi connectivity index (χ3n) is 3.99. The zero-order valence-electron chi connectivity index (χ0n) is 11.3. The predicted molar refractivity (Wildman–Crippen MR) is 77.4 cm³/mol. The van der Waals surface area contributed by atoms with Crippen LogP contribution in [0.15, 0.2) is 42.5 Å². The summed E-state index contributed by atoms with van der Waals surface area (Å²) >= 11 is 0. The fraction of sp³-hybridized carbons (Fsp3) is 0.294. The normalized spacial score (nSPS) is 20.3. The lowest BCUT2D eigenvalue weighted by atomic mass is 9.89. The Labute approximate surface area is 118 Å². The van der Waals surface area contributed by atoms with Crippen LogP contribution in [0.1, 0.15) is 22.7 Å². The fourth-order valence-electron chi connectivity index (χ4n) is 3.04. The van der Waals surface area contributed by atoms with E-state index in [0.717, 1.165) is 24.5 Å². The van der Waals surface area contributed by atoms with Crippen molar-refractivity contribution in [2.24, 2.45) is 0 Å². The highest BCUT2D eigenvalue weighted by molar-refractivity contribution is 5.52. The Bertz CT molecular complexity index is 624. The van der Waals surface area contributed by atoms with Gasteiger partial charge in [0.05, 0.1) is 6.04 Å². The molecule has 2 aromatic carbocycles. The van der Waals surface area contributed by atoms with E-state index in [1.54, 1.807) is 0 Å². The van der Waals surface area contributed by atoms with E-state index in [9.17, 15) is 0 Å². The second-order valence-electron chi connectivity index (χ2n) is 5.24. The largest absolute Gasteiger partial charge is 0.486 e. The lowest BCUT2D eigenvalue weighted by Gasteiger charge is -2.30. The standard InChI is InChI=1S/C17H17NO2/c1-2-4-12(5-3-1)17-14-11-16-15(19-8-9-20-16)10-13(14)6-7-18-17/h1-5,10-11,17-18H,6-9H2/t17-/m0/s1. The monoisotopic (exact) mass is 267 g/mol. The number of nitrogens with one attached hydrogen (secondary N) is 1. The van der Waals surface area contributed by atoms with Crippen molar-refractivity contribution in [1.29, 1.82) is 0 Å². The SMILES string of the molecule is c1ccc([C@@H]2NCCc3cc4c(cc32)OCCO4)cc1. The van der Waals surface area contributed by atoms with Crippen LogP contribution >= 0.6 is 0 Å². The fourth-order valence-corrected chi connectivity index (χ4v) is 3.04. The van der Waals surface area contributed by atoms with Crippen LogP contribution in [-0.4, -0.2) is 19.8 Å². The Morgan fingerprint density at radius 1 is 0.950 bits per heavy atom. The highest BCUT2D eigenvalue weighted by atomic mass is 16.6. The summed E-state index contributed by atoms with van der Waals surface area (Å²) in [5, 5.41) is 3.60. The number of benzene rings is 2. The first kappa shape index (κ1) is 11.8. The van der Waals surface area contributed by atoms with Crippen LogP contribution in [-0.2, 0) is 6.42 Å². The summed E-state index contributed by atoms with van der Waals surface area (Å²) in [7, 11) is 0. The van der Waals surface area contributed by atoms with Crippen molar-refractivity contribution < 1.29 is 9.47 Å². The Morgan fingerprint density at radius 3 is 2.50 bits per heavy atom. The number of hydrogen-bond donors (Lipinski definition) is 1. The minimum Gasteiger partial charge on any atom is -0.486 e. The smallest absolute Gasteiger partial charge is 0.161 e. The molecule has 0 spiro atoms. The van der Waals surface area contributed by atoms with Gasteiger partial charge in [0.15, 0.2) is 11.5 Å². The summed E-state index contributed by atoms with van der Waals surface area (Å²) in [4.78, 5) is 0. The second-order valence-corrected chi connectivity index (χ2v) is 5.24. The van der Waals surface area contributed by atoms with E-state index in [1.807, 2.05) is 0 Å². The summed E-state index contributed by atoms with van der Waals surface area (Å²) < 4.78 is 11.4. The van der Waals surface area contributed by atoms with Crippen LogP contribution in [0.3, 0.4) is 0 Å². The van der Waals surface area contributed by atoms with E-state index in [1.165, 1.54) is 16.7 Å². The molecule has 2 aromatic rings. The Hall–Kier alpha value is -2.00. The summed E-state index contributed by atoms with van der Waals surface area (Å²) in [6.45, 7) is 2.27. The highest BCUT2D eigenvalue weighted by Crippen LogP contribution is 2.38. The van der Waals surface area contributed by atoms with Crippen molar-refractivity contribution in [1.82, 2.24) is 5.32 Å². The second kappa shape index (κ2) is 4.84. The van der Waals surface area contributed by atoms with Crippen molar-refractivity contribution >= 4 is 0 Å². The lowest BCUT2D eigenvalue weighted by molar-refractivity contribution is 0.171. The maximum atomic E-state index is 5.72. The summed E-state index contributed by atoms with van der Waals surface area (Å²) in [5.74, 6) is 1.77. The van der Waals surface area contributed by atoms with E-state index in [-0.39, 0.29) is 6.04 Å². The summed E-state index contributed by atoms with van der Waals surface area (Å²) in [6, 6.07) is 15.1. The van der Waals surface area contributed by atoms with Gasteiger partial charge in [0.1, 0.15) is 13.2 Å². The summed E-state index contributed by atoms with van der Waals surface area (Å²) in [6.07, 6.45) is 1.04. The molecule has 0 aromatic heterocycles. The van der Waals surface area contributed by atoms with Gasteiger partial charge in [0.2, 0.25) is 0 Å². The third-order valence-corrected chi connectivity index (χ3v) is 3.99. The average Bonchev–Trinajstić information content (AvgIpc) is 2.53. The highest BCUT2D eigenvalue weighted by Gasteiger charge is 2.24. The van der Waals surface area contributed by atoms with Crippen molar-refractivity contribution in [2.45, 2.75) is 12.5 Å². The van der Waals surface area contributed by atoms with Gasteiger partial charge < -0.3 is 14.8 Å². The predicted octanol–water partition coefficient (Wildman–Crippen LogP) is 2.69. The van der Waals surface area contributed by atoms with Crippen molar-refractivity contribution in [2.75, 3.05) is 19.8 Å². The van der Waals surface area contributed by atoms with Crippen molar-refractivity contribution in [3.63, 3.8) is 0 Å². The lowest BCUT2D eigenvalue weighted by Crippen LogP contribution is -2.31. The molecule has 20 heavy (non-hydrogen) atoms. The van der Waals surface area contributed by atoms with E-state index in [2.05, 4.69) is 47.8 Å². The molecule has 2 heterocycles. The van der Waals surface area contributed by atoms with E-state index in [4.69, 9.17) is 9.47 Å². The Morgan fingerprint density at radius 2 is 1.70 bits per heavy atom. The number of fused-ring (bicyclic) bond motifs is 2. The Balaban J connectivity index is 1.80. The van der Waals surface area contributed by atoms with Gasteiger partial charge in [-0.2, -0.15) is 0 Å². The van der Waals surface area contributed by atoms with Gasteiger partial charge in [-0.05, 0) is 35.2 Å². The zero-order valence-corrected chi connectivity index (χ0v) is 11.3. The first-order valence-electron chi connectivity index (χ1n) is 7.12. The average molecular weight is 267 g/mol. The molecular formula is C17H17NO2. The topological polar surface area (TPSA) is 30.5 Å². The Kier molecular flexibility index (Phi) is 2.85. The van der Waals surface area contributed by atoms with Crippen molar-refractivity contribution in [3.8, 4) is 11.5 Å². The van der Waals surface area contributed by atoms with Crippen molar-refractivity contribution in [3.05, 3.63) is 59.2 Å². The molecule has 3 heteroatoms. The third kappa shape index (κ3) is 1.95. The molecule has 0 saturated heterocycles. The van der Waals surface area contributed by atoms with E-state index in [0.29, 0.717) is 13.2 Å². The van der Waals surface area contributed by atoms with Gasteiger partial charge in [0.25, 0.3) is 0 Å². The molecule has 3 nitrogen and oxygen atoms in total. The zero-order chi connectivity index (χ0) is 13.4. The first-order chi connectivity index (χ1) is 9.92. The van der Waals surface area contributed by atoms with Gasteiger partial charge >= 0.3 is 0 Å². The molecule has 0 fully saturated rings. The molecule has 102 valence electrons. The molecule has 0 amide bonds. The molecule has 0 radical (unpaired) electrons. The van der Waals surface area contributed by atoms with Crippen LogP contribution in [0.2, 0.25) is 0 Å². The van der Waals surface area contributed by atoms with Gasteiger partial charge in [-0.15, -0.1) is 0 Å².